The Balaban J connectivity index is 4.78. The number of hydrogen-bond donors (Lipinski definition) is 16. The minimum Gasteiger partial charge on any atom is -0.480 e. The fourth-order valence-corrected chi connectivity index (χ4v) is 3.36. The third kappa shape index (κ3) is 18.1. The number of carbonyl (C=O) groups is 10. The van der Waals surface area contributed by atoms with Gasteiger partial charge in [-0.1, -0.05) is 0 Å². The van der Waals surface area contributed by atoms with E-state index in [4.69, 9.17) is 15.9 Å². The van der Waals surface area contributed by atoms with Gasteiger partial charge in [-0.2, -0.15) is 0 Å². The Kier molecular flexibility index (Phi) is 21.9. The van der Waals surface area contributed by atoms with Gasteiger partial charge in [-0.05, 0) is 0 Å². The summed E-state index contributed by atoms with van der Waals surface area (Å²) in [5.41, 5.74) is 5.10. The van der Waals surface area contributed by atoms with Crippen LogP contribution in [0.25, 0.3) is 0 Å². The fourth-order valence-electron chi connectivity index (χ4n) is 3.36. The van der Waals surface area contributed by atoms with Crippen molar-refractivity contribution in [3.8, 4) is 0 Å². The molecule has 0 aliphatic carbocycles. The molecule has 288 valence electrons. The smallest absolute Gasteiger partial charge is 0.328 e. The molecule has 26 nitrogen and oxygen atoms in total. The molecule has 0 unspecified atom stereocenters. The number of nitrogens with one attached hydrogen (secondary N) is 9. The van der Waals surface area contributed by atoms with E-state index in [2.05, 4.69) is 16.0 Å². The van der Waals surface area contributed by atoms with Crippen LogP contribution in [0.1, 0.15) is 0 Å². The van der Waals surface area contributed by atoms with Crippen molar-refractivity contribution in [3.63, 3.8) is 0 Å². The molecule has 0 heterocycles. The van der Waals surface area contributed by atoms with E-state index in [0.717, 1.165) is 0 Å². The molecule has 0 aromatic carbocycles. The molecule has 0 aliphatic rings. The van der Waals surface area contributed by atoms with Crippen LogP contribution in [0.2, 0.25) is 0 Å². The Morgan fingerprint density at radius 2 is 0.608 bits per heavy atom. The molecule has 26 heteroatoms. The highest BCUT2D eigenvalue weighted by molar-refractivity contribution is 5.96. The number of amides is 9. The number of aliphatic carboxylic acids is 1. The van der Waals surface area contributed by atoms with Crippen LogP contribution in [0.15, 0.2) is 0 Å². The fraction of sp³-hybridized carbons (Fsp3) is 0.600. The third-order valence-corrected chi connectivity index (χ3v) is 6.03. The second kappa shape index (κ2) is 24.6. The van der Waals surface area contributed by atoms with Gasteiger partial charge in [0.05, 0.1) is 65.8 Å². The zero-order valence-electron chi connectivity index (χ0n) is 26.8. The van der Waals surface area contributed by atoms with Crippen molar-refractivity contribution >= 4 is 59.1 Å². The Hall–Kier alpha value is -5.54. The molecule has 17 N–H and O–H groups in total. The van der Waals surface area contributed by atoms with E-state index >= 15 is 0 Å². The third-order valence-electron chi connectivity index (χ3n) is 6.03. The van der Waals surface area contributed by atoms with Crippen molar-refractivity contribution < 1.29 is 78.6 Å². The first-order valence-corrected chi connectivity index (χ1v) is 14.6. The lowest BCUT2D eigenvalue weighted by Gasteiger charge is -2.19. The lowest BCUT2D eigenvalue weighted by molar-refractivity contribution is -0.143. The van der Waals surface area contributed by atoms with Crippen molar-refractivity contribution in [1.29, 1.82) is 0 Å². The summed E-state index contributed by atoms with van der Waals surface area (Å²) in [5, 5.41) is 73.5. The molecule has 0 fully saturated rings. The summed E-state index contributed by atoms with van der Waals surface area (Å²) in [6, 6.07) is -7.98. The summed E-state index contributed by atoms with van der Waals surface area (Å²) in [6.45, 7) is -8.37. The molecule has 0 aliphatic heterocycles. The molecule has 0 radical (unpaired) electrons. The summed E-state index contributed by atoms with van der Waals surface area (Å²) in [7, 11) is 0. The number of hydrogen-bond acceptors (Lipinski definition) is 16. The van der Waals surface area contributed by atoms with Gasteiger partial charge in [0.15, 0.2) is 0 Å². The van der Waals surface area contributed by atoms with Crippen LogP contribution in [0, 0.1) is 0 Å². The Morgan fingerprint density at radius 3 is 0.804 bits per heavy atom. The molecule has 5 atom stereocenters. The molecule has 0 saturated carbocycles. The maximum atomic E-state index is 12.4. The molecule has 0 spiro atoms. The molecule has 0 bridgehead atoms. The Morgan fingerprint density at radius 1 is 0.392 bits per heavy atom. The van der Waals surface area contributed by atoms with Crippen LogP contribution in [0.3, 0.4) is 0 Å². The zero-order valence-corrected chi connectivity index (χ0v) is 26.8. The maximum Gasteiger partial charge on any atom is 0.328 e. The van der Waals surface area contributed by atoms with E-state index in [1.807, 2.05) is 31.9 Å². The van der Waals surface area contributed by atoms with E-state index in [1.54, 1.807) is 0 Å². The number of aliphatic hydroxyl groups excluding tert-OH is 5. The lowest BCUT2D eigenvalue weighted by Crippen LogP contribution is -2.56. The molecular weight excluding hydrogens is 696 g/mol. The second-order valence-electron chi connectivity index (χ2n) is 9.93. The van der Waals surface area contributed by atoms with Crippen molar-refractivity contribution in [2.75, 3.05) is 65.8 Å². The average Bonchev–Trinajstić information content (AvgIpc) is 3.11. The van der Waals surface area contributed by atoms with Gasteiger partial charge >= 0.3 is 5.97 Å². The first-order chi connectivity index (χ1) is 24.1. The lowest BCUT2D eigenvalue weighted by atomic mass is 10.2. The number of carboxylic acids is 1. The minimum absolute atomic E-state index is 0.473. The highest BCUT2D eigenvalue weighted by Gasteiger charge is 2.26. The van der Waals surface area contributed by atoms with Crippen LogP contribution < -0.4 is 53.6 Å². The van der Waals surface area contributed by atoms with Gasteiger partial charge in [0.25, 0.3) is 0 Å². The summed E-state index contributed by atoms with van der Waals surface area (Å²) in [6.07, 6.45) is 0. The van der Waals surface area contributed by atoms with Gasteiger partial charge in [-0.15, -0.1) is 0 Å². The summed E-state index contributed by atoms with van der Waals surface area (Å²) in [5.74, 6) is -10.7. The topological polar surface area (TPSA) is 426 Å². The number of nitrogens with two attached hydrogens (primary N) is 1. The first-order valence-electron chi connectivity index (χ1n) is 14.6. The minimum atomic E-state index is -1.67. The maximum absolute atomic E-state index is 12.4. The van der Waals surface area contributed by atoms with Crippen LogP contribution in [0.5, 0.6) is 0 Å². The van der Waals surface area contributed by atoms with Gasteiger partial charge < -0.3 is 84.2 Å². The summed E-state index contributed by atoms with van der Waals surface area (Å²) < 4.78 is 0. The van der Waals surface area contributed by atoms with Crippen LogP contribution in [-0.4, -0.2) is 186 Å². The number of aliphatic hydroxyl groups is 5. The van der Waals surface area contributed by atoms with E-state index in [9.17, 15) is 68.4 Å². The van der Waals surface area contributed by atoms with Crippen molar-refractivity contribution in [3.05, 3.63) is 0 Å². The predicted octanol–water partition coefficient (Wildman–Crippen LogP) is -12.1. The van der Waals surface area contributed by atoms with Crippen molar-refractivity contribution in [1.82, 2.24) is 47.9 Å². The Bertz CT molecular complexity index is 1270. The first kappa shape index (κ1) is 45.5. The SMILES string of the molecule is NCC(=O)N[C@@H](CO)C(=O)NCC(=O)N[C@@H](CO)C(=O)NCC(=O)N[C@@H](CO)C(=O)NCC(=O)N[C@@H](CO)C(=O)NCC(=O)N[C@@H](CO)C(=O)O. The highest BCUT2D eigenvalue weighted by Crippen LogP contribution is 1.89. The van der Waals surface area contributed by atoms with Crippen LogP contribution in [0.4, 0.5) is 0 Å². The van der Waals surface area contributed by atoms with Crippen molar-refractivity contribution in [2.45, 2.75) is 30.2 Å². The number of rotatable bonds is 24. The van der Waals surface area contributed by atoms with Crippen LogP contribution in [-0.2, 0) is 47.9 Å². The quantitative estimate of drug-likeness (QED) is 0.0437. The standard InChI is InChI=1S/C25H42N10O16/c26-1-16(41)31-11(6-36)21(46)27-2-17(42)32-12(7-37)22(47)28-3-18(43)33-13(8-38)23(48)29-4-19(44)34-14(9-39)24(49)30-5-20(45)35-15(10-40)25(50)51/h11-15,36-40H,1-10,26H2,(H,27,46)(H,28,47)(H,29,48)(H,30,49)(H,31,41)(H,32,42)(H,33,43)(H,34,44)(H,35,45)(H,50,51)/t11-,12-,13-,14-,15-/m0/s1. The molecular formula is C25H42N10O16. The monoisotopic (exact) mass is 738 g/mol. The Labute approximate surface area is 287 Å². The van der Waals surface area contributed by atoms with Gasteiger partial charge in [-0.25, -0.2) is 4.79 Å². The van der Waals surface area contributed by atoms with Gasteiger partial charge in [0.2, 0.25) is 53.2 Å². The van der Waals surface area contributed by atoms with Gasteiger partial charge in [0, 0.05) is 0 Å². The summed E-state index contributed by atoms with van der Waals surface area (Å²) in [4.78, 5) is 119. The molecule has 0 aromatic heterocycles. The number of carbonyl (C=O) groups excluding carboxylic acids is 9. The van der Waals surface area contributed by atoms with Crippen molar-refractivity contribution in [2.24, 2.45) is 5.73 Å². The molecule has 0 rings (SSSR count). The molecule has 0 aromatic rings. The van der Waals surface area contributed by atoms with E-state index in [1.165, 1.54) is 0 Å². The van der Waals surface area contributed by atoms with Crippen LogP contribution >= 0.6 is 0 Å². The van der Waals surface area contributed by atoms with E-state index in [0.29, 0.717) is 0 Å². The normalized spacial score (nSPS) is 13.4. The predicted molar refractivity (Wildman–Crippen MR) is 164 cm³/mol. The number of carboxylic acid groups (broad SMARTS) is 1. The average molecular weight is 739 g/mol. The zero-order chi connectivity index (χ0) is 39.1. The molecule has 0 saturated heterocycles. The highest BCUT2D eigenvalue weighted by atomic mass is 16.4. The largest absolute Gasteiger partial charge is 0.480 e. The summed E-state index contributed by atoms with van der Waals surface area (Å²) >= 11 is 0. The van der Waals surface area contributed by atoms with Gasteiger partial charge in [-0.3, -0.25) is 43.2 Å². The molecule has 9 amide bonds. The van der Waals surface area contributed by atoms with E-state index in [-0.39, 0.29) is 0 Å². The molecule has 51 heavy (non-hydrogen) atoms. The van der Waals surface area contributed by atoms with E-state index < -0.39 is 155 Å². The van der Waals surface area contributed by atoms with Gasteiger partial charge in [0.1, 0.15) is 30.2 Å². The second-order valence-corrected chi connectivity index (χ2v) is 9.93.